The molecule has 1 rings (SSSR count). The van der Waals surface area contributed by atoms with Crippen LogP contribution in [0.5, 0.6) is 0 Å². The number of aliphatic carboxylic acids is 1. The summed E-state index contributed by atoms with van der Waals surface area (Å²) in [7, 11) is 0. The first kappa shape index (κ1) is 10.6. The molecule has 5 heteroatoms. The summed E-state index contributed by atoms with van der Waals surface area (Å²) in [4.78, 5) is 18.7. The van der Waals surface area contributed by atoms with Gasteiger partial charge in [-0.1, -0.05) is 0 Å². The van der Waals surface area contributed by atoms with Gasteiger partial charge >= 0.3 is 5.97 Å². The van der Waals surface area contributed by atoms with Crippen LogP contribution >= 0.6 is 0 Å². The molecule has 1 aromatic heterocycles. The molecule has 76 valence electrons. The number of rotatable bonds is 4. The van der Waals surface area contributed by atoms with Crippen molar-refractivity contribution in [2.75, 3.05) is 6.54 Å². The van der Waals surface area contributed by atoms with E-state index in [1.54, 1.807) is 19.3 Å². The van der Waals surface area contributed by atoms with Crippen LogP contribution in [0.15, 0.2) is 12.4 Å². The van der Waals surface area contributed by atoms with Crippen LogP contribution < -0.4 is 5.73 Å². The quantitative estimate of drug-likeness (QED) is 0.721. The fourth-order valence-corrected chi connectivity index (χ4v) is 1.32. The van der Waals surface area contributed by atoms with E-state index in [4.69, 9.17) is 10.8 Å². The van der Waals surface area contributed by atoms with Gasteiger partial charge in [-0.3, -0.25) is 14.8 Å². The highest BCUT2D eigenvalue weighted by Gasteiger charge is 2.17. The minimum Gasteiger partial charge on any atom is -0.481 e. The molecular weight excluding hydrogens is 182 g/mol. The molecule has 0 saturated carbocycles. The first-order valence-electron chi connectivity index (χ1n) is 4.34. The number of carboxylic acid groups (broad SMARTS) is 1. The molecule has 0 aliphatic carbocycles. The molecule has 1 unspecified atom stereocenters. The number of hydrogen-bond acceptors (Lipinski definition) is 4. The number of aromatic nitrogens is 2. The van der Waals surface area contributed by atoms with Gasteiger partial charge in [0.05, 0.1) is 17.8 Å². The highest BCUT2D eigenvalue weighted by molar-refractivity contribution is 5.68. The number of carbonyl (C=O) groups is 1. The average molecular weight is 195 g/mol. The lowest BCUT2D eigenvalue weighted by molar-refractivity contribution is -0.137. The maximum Gasteiger partial charge on any atom is 0.304 e. The molecule has 1 heterocycles. The van der Waals surface area contributed by atoms with Crippen LogP contribution in [0.4, 0.5) is 0 Å². The molecule has 0 fully saturated rings. The van der Waals surface area contributed by atoms with E-state index in [1.807, 2.05) is 0 Å². The van der Waals surface area contributed by atoms with Crippen molar-refractivity contribution < 1.29 is 9.90 Å². The van der Waals surface area contributed by atoms with Crippen LogP contribution in [-0.2, 0) is 4.79 Å². The summed E-state index contributed by atoms with van der Waals surface area (Å²) in [6.45, 7) is 2.07. The Kier molecular flexibility index (Phi) is 3.53. The topological polar surface area (TPSA) is 89.1 Å². The zero-order chi connectivity index (χ0) is 10.6. The van der Waals surface area contributed by atoms with E-state index in [2.05, 4.69) is 9.97 Å². The second kappa shape index (κ2) is 4.66. The van der Waals surface area contributed by atoms with Crippen LogP contribution in [0.1, 0.15) is 23.7 Å². The molecule has 5 nitrogen and oxygen atoms in total. The summed E-state index contributed by atoms with van der Waals surface area (Å²) in [5.74, 6) is -1.12. The smallest absolute Gasteiger partial charge is 0.304 e. The Hall–Kier alpha value is -1.49. The minimum atomic E-state index is -0.870. The first-order valence-corrected chi connectivity index (χ1v) is 4.34. The molecule has 0 bridgehead atoms. The molecule has 3 N–H and O–H groups in total. The summed E-state index contributed by atoms with van der Waals surface area (Å²) in [6.07, 6.45) is 3.12. The molecule has 0 aliphatic rings. The van der Waals surface area contributed by atoms with Gasteiger partial charge in [-0.2, -0.15) is 0 Å². The number of aryl methyl sites for hydroxylation is 1. The SMILES string of the molecule is Cc1nccnc1C(CN)CC(=O)O. The van der Waals surface area contributed by atoms with Gasteiger partial charge in [-0.25, -0.2) is 0 Å². The van der Waals surface area contributed by atoms with Gasteiger partial charge < -0.3 is 10.8 Å². The second-order valence-electron chi connectivity index (χ2n) is 3.06. The number of carboxylic acids is 1. The van der Waals surface area contributed by atoms with Gasteiger partial charge in [0.15, 0.2) is 0 Å². The number of hydrogen-bond donors (Lipinski definition) is 2. The van der Waals surface area contributed by atoms with E-state index in [1.165, 1.54) is 0 Å². The maximum atomic E-state index is 10.5. The van der Waals surface area contributed by atoms with Crippen molar-refractivity contribution in [2.45, 2.75) is 19.3 Å². The zero-order valence-corrected chi connectivity index (χ0v) is 7.97. The van der Waals surface area contributed by atoms with E-state index in [0.717, 1.165) is 5.69 Å². The van der Waals surface area contributed by atoms with Crippen LogP contribution in [0.3, 0.4) is 0 Å². The fraction of sp³-hybridized carbons (Fsp3) is 0.444. The first-order chi connectivity index (χ1) is 6.65. The predicted octanol–water partition coefficient (Wildman–Crippen LogP) is 0.302. The lowest BCUT2D eigenvalue weighted by atomic mass is 10.00. The van der Waals surface area contributed by atoms with Gasteiger partial charge in [0.2, 0.25) is 0 Å². The molecule has 0 spiro atoms. The summed E-state index contributed by atoms with van der Waals surface area (Å²) >= 11 is 0. The number of nitrogens with two attached hydrogens (primary N) is 1. The lowest BCUT2D eigenvalue weighted by Crippen LogP contribution is -2.18. The van der Waals surface area contributed by atoms with Crippen LogP contribution in [0.25, 0.3) is 0 Å². The summed E-state index contributed by atoms with van der Waals surface area (Å²) in [6, 6.07) is 0. The third kappa shape index (κ3) is 2.50. The van der Waals surface area contributed by atoms with Crippen molar-refractivity contribution >= 4 is 5.97 Å². The van der Waals surface area contributed by atoms with Crippen molar-refractivity contribution in [1.82, 2.24) is 9.97 Å². The Morgan fingerprint density at radius 2 is 2.21 bits per heavy atom. The molecular formula is C9H13N3O2. The normalized spacial score (nSPS) is 12.4. The summed E-state index contributed by atoms with van der Waals surface area (Å²) in [5, 5.41) is 8.66. The second-order valence-corrected chi connectivity index (χ2v) is 3.06. The summed E-state index contributed by atoms with van der Waals surface area (Å²) in [5.41, 5.74) is 6.91. The molecule has 0 saturated heterocycles. The Labute approximate surface area is 82.0 Å². The Balaban J connectivity index is 2.89. The summed E-state index contributed by atoms with van der Waals surface area (Å²) < 4.78 is 0. The van der Waals surface area contributed by atoms with Gasteiger partial charge in [0, 0.05) is 24.9 Å². The monoisotopic (exact) mass is 195 g/mol. The van der Waals surface area contributed by atoms with Gasteiger partial charge in [0.1, 0.15) is 0 Å². The van der Waals surface area contributed by atoms with Crippen LogP contribution in [0, 0.1) is 6.92 Å². The predicted molar refractivity (Wildman–Crippen MR) is 50.8 cm³/mol. The Morgan fingerprint density at radius 3 is 2.71 bits per heavy atom. The molecule has 0 aromatic carbocycles. The molecule has 0 radical (unpaired) electrons. The van der Waals surface area contributed by atoms with E-state index in [-0.39, 0.29) is 18.9 Å². The average Bonchev–Trinajstić information content (AvgIpc) is 2.15. The van der Waals surface area contributed by atoms with Gasteiger partial charge in [-0.15, -0.1) is 0 Å². The molecule has 1 atom stereocenters. The van der Waals surface area contributed by atoms with E-state index in [9.17, 15) is 4.79 Å². The van der Waals surface area contributed by atoms with Crippen molar-refractivity contribution in [3.05, 3.63) is 23.8 Å². The van der Waals surface area contributed by atoms with Crippen molar-refractivity contribution in [3.63, 3.8) is 0 Å². The minimum absolute atomic E-state index is 0.00394. The third-order valence-corrected chi connectivity index (χ3v) is 2.01. The van der Waals surface area contributed by atoms with Crippen molar-refractivity contribution in [1.29, 1.82) is 0 Å². The van der Waals surface area contributed by atoms with E-state index in [0.29, 0.717) is 5.69 Å². The molecule has 14 heavy (non-hydrogen) atoms. The fourth-order valence-electron chi connectivity index (χ4n) is 1.32. The van der Waals surface area contributed by atoms with Crippen LogP contribution in [0.2, 0.25) is 0 Å². The largest absolute Gasteiger partial charge is 0.481 e. The highest BCUT2D eigenvalue weighted by Crippen LogP contribution is 2.17. The maximum absolute atomic E-state index is 10.5. The zero-order valence-electron chi connectivity index (χ0n) is 7.97. The molecule has 0 amide bonds. The van der Waals surface area contributed by atoms with Gasteiger partial charge in [-0.05, 0) is 6.92 Å². The van der Waals surface area contributed by atoms with Crippen molar-refractivity contribution in [3.8, 4) is 0 Å². The third-order valence-electron chi connectivity index (χ3n) is 2.01. The van der Waals surface area contributed by atoms with Crippen LogP contribution in [-0.4, -0.2) is 27.6 Å². The molecule has 0 aliphatic heterocycles. The number of nitrogens with zero attached hydrogens (tertiary/aromatic N) is 2. The lowest BCUT2D eigenvalue weighted by Gasteiger charge is -2.12. The van der Waals surface area contributed by atoms with Gasteiger partial charge in [0.25, 0.3) is 0 Å². The van der Waals surface area contributed by atoms with Crippen molar-refractivity contribution in [2.24, 2.45) is 5.73 Å². The Bertz CT molecular complexity index is 328. The molecule has 1 aromatic rings. The van der Waals surface area contributed by atoms with E-state index < -0.39 is 5.97 Å². The highest BCUT2D eigenvalue weighted by atomic mass is 16.4. The standard InChI is InChI=1S/C9H13N3O2/c1-6-9(12-3-2-11-6)7(5-10)4-8(13)14/h2-3,7H,4-5,10H2,1H3,(H,13,14). The van der Waals surface area contributed by atoms with E-state index >= 15 is 0 Å². The Morgan fingerprint density at radius 1 is 1.57 bits per heavy atom.